The summed E-state index contributed by atoms with van der Waals surface area (Å²) >= 11 is 0. The van der Waals surface area contributed by atoms with E-state index in [1.54, 1.807) is 0 Å². The average Bonchev–Trinajstić information content (AvgIpc) is 3.10. The molecule has 0 amide bonds. The molecule has 2 aliphatic rings. The maximum Gasteiger partial charge on any atom is 0.140 e. The third-order valence-corrected chi connectivity index (χ3v) is 4.53. The van der Waals surface area contributed by atoms with Crippen LogP contribution in [0.15, 0.2) is 72.9 Å². The van der Waals surface area contributed by atoms with Crippen molar-refractivity contribution in [3.05, 3.63) is 84.1 Å². The molecule has 0 bridgehead atoms. The zero-order chi connectivity index (χ0) is 17.9. The molecule has 0 unspecified atom stereocenters. The Morgan fingerprint density at radius 1 is 0.923 bits per heavy atom. The van der Waals surface area contributed by atoms with Gasteiger partial charge in [-0.15, -0.1) is 0 Å². The quantitative estimate of drug-likeness (QED) is 0.485. The smallest absolute Gasteiger partial charge is 0.140 e. The highest BCUT2D eigenvalue weighted by Gasteiger charge is 2.13. The maximum atomic E-state index is 5.52. The molecule has 0 aromatic heterocycles. The van der Waals surface area contributed by atoms with Crippen molar-refractivity contribution in [1.82, 2.24) is 9.55 Å². The lowest BCUT2D eigenvalue weighted by Gasteiger charge is -2.11. The van der Waals surface area contributed by atoms with Crippen LogP contribution in [-0.2, 0) is 6.54 Å². The molecule has 4 rings (SSSR count). The van der Waals surface area contributed by atoms with Crippen LogP contribution in [0.5, 0.6) is 5.75 Å². The van der Waals surface area contributed by atoms with E-state index in [1.165, 1.54) is 11.1 Å². The number of fused-ring (bicyclic) bond motifs is 1. The first-order valence-electron chi connectivity index (χ1n) is 8.97. The van der Waals surface area contributed by atoms with Gasteiger partial charge in [-0.2, -0.15) is 0 Å². The standard InChI is InChI=1S/C23H22N2O/c1-3-26-21-12-10-19(11-13-21)22-15-20-5-4-14-25(23(20)24-22)16-18-8-6-17(2)7-9-18/h4-15H,3,16H2,1-2H3. The molecule has 0 radical (unpaired) electrons. The summed E-state index contributed by atoms with van der Waals surface area (Å²) < 4.78 is 7.73. The summed E-state index contributed by atoms with van der Waals surface area (Å²) in [5.74, 6) is 1.90. The Morgan fingerprint density at radius 2 is 1.69 bits per heavy atom. The highest BCUT2D eigenvalue weighted by molar-refractivity contribution is 5.72. The number of pyridine rings is 1. The molecule has 2 heterocycles. The van der Waals surface area contributed by atoms with Gasteiger partial charge in [0.25, 0.3) is 0 Å². The number of benzene rings is 2. The Labute approximate surface area is 154 Å². The zero-order valence-electron chi connectivity index (χ0n) is 15.1. The summed E-state index contributed by atoms with van der Waals surface area (Å²) in [7, 11) is 0. The number of rotatable bonds is 5. The van der Waals surface area contributed by atoms with Crippen molar-refractivity contribution in [2.75, 3.05) is 6.61 Å². The molecule has 0 fully saturated rings. The second kappa shape index (κ2) is 7.04. The maximum absolute atomic E-state index is 5.52. The second-order valence-electron chi connectivity index (χ2n) is 6.50. The first-order chi connectivity index (χ1) is 12.7. The number of nitrogens with zero attached hydrogens (tertiary/aromatic N) is 2. The van der Waals surface area contributed by atoms with Crippen LogP contribution < -0.4 is 4.74 Å². The Bertz CT molecular complexity index is 968. The molecular formula is C23H22N2O. The van der Waals surface area contributed by atoms with Crippen LogP contribution in [0.25, 0.3) is 22.6 Å². The lowest BCUT2D eigenvalue weighted by atomic mass is 10.1. The highest BCUT2D eigenvalue weighted by atomic mass is 16.5. The molecule has 130 valence electrons. The van der Waals surface area contributed by atoms with E-state index in [0.29, 0.717) is 6.61 Å². The van der Waals surface area contributed by atoms with Crippen LogP contribution in [0.4, 0.5) is 0 Å². The van der Waals surface area contributed by atoms with Crippen molar-refractivity contribution in [2.45, 2.75) is 20.4 Å². The van der Waals surface area contributed by atoms with Gasteiger partial charge in [-0.05, 0) is 61.9 Å². The second-order valence-corrected chi connectivity index (χ2v) is 6.50. The SMILES string of the molecule is CCOc1ccc(-c2cc3cccn(Cc4ccc(C)cc4)c-3n2)cc1. The zero-order valence-corrected chi connectivity index (χ0v) is 15.1. The fourth-order valence-electron chi connectivity index (χ4n) is 3.15. The Balaban J connectivity index is 1.66. The molecule has 0 saturated carbocycles. The van der Waals surface area contributed by atoms with Gasteiger partial charge in [-0.3, -0.25) is 0 Å². The van der Waals surface area contributed by atoms with Crippen molar-refractivity contribution in [1.29, 1.82) is 0 Å². The van der Waals surface area contributed by atoms with Crippen molar-refractivity contribution in [3.8, 4) is 28.4 Å². The van der Waals surface area contributed by atoms with E-state index in [0.717, 1.165) is 34.9 Å². The minimum atomic E-state index is 0.677. The Hall–Kier alpha value is -3.07. The summed E-state index contributed by atoms with van der Waals surface area (Å²) in [6.45, 7) is 5.60. The van der Waals surface area contributed by atoms with Gasteiger partial charge < -0.3 is 9.30 Å². The topological polar surface area (TPSA) is 27.1 Å². The minimum absolute atomic E-state index is 0.677. The number of aromatic nitrogens is 2. The van der Waals surface area contributed by atoms with E-state index in [9.17, 15) is 0 Å². The average molecular weight is 342 g/mol. The van der Waals surface area contributed by atoms with Gasteiger partial charge in [0.15, 0.2) is 0 Å². The molecule has 0 N–H and O–H groups in total. The van der Waals surface area contributed by atoms with Gasteiger partial charge in [-0.25, -0.2) is 4.98 Å². The van der Waals surface area contributed by atoms with Crippen LogP contribution in [0, 0.1) is 6.92 Å². The van der Waals surface area contributed by atoms with Gasteiger partial charge >= 0.3 is 0 Å². The first kappa shape index (κ1) is 16.4. The molecule has 0 atom stereocenters. The molecule has 3 heteroatoms. The third kappa shape index (κ3) is 3.33. The molecule has 2 aromatic rings. The van der Waals surface area contributed by atoms with Crippen molar-refractivity contribution < 1.29 is 4.74 Å². The fraction of sp³-hybridized carbons (Fsp3) is 0.174. The van der Waals surface area contributed by atoms with E-state index in [1.807, 2.05) is 19.1 Å². The summed E-state index contributed by atoms with van der Waals surface area (Å²) in [5.41, 5.74) is 5.81. The predicted molar refractivity (Wildman–Crippen MR) is 106 cm³/mol. The molecule has 2 aromatic carbocycles. The van der Waals surface area contributed by atoms with Gasteiger partial charge in [0.1, 0.15) is 11.6 Å². The molecule has 0 spiro atoms. The monoisotopic (exact) mass is 342 g/mol. The van der Waals surface area contributed by atoms with Crippen LogP contribution in [0.3, 0.4) is 0 Å². The molecule has 3 nitrogen and oxygen atoms in total. The van der Waals surface area contributed by atoms with Crippen LogP contribution in [0.1, 0.15) is 18.1 Å². The largest absolute Gasteiger partial charge is 0.494 e. The lowest BCUT2D eigenvalue weighted by Crippen LogP contribution is -2.04. The first-order valence-corrected chi connectivity index (χ1v) is 8.97. The van der Waals surface area contributed by atoms with E-state index in [2.05, 4.69) is 72.3 Å². The van der Waals surface area contributed by atoms with Crippen molar-refractivity contribution in [2.24, 2.45) is 0 Å². The van der Waals surface area contributed by atoms with E-state index >= 15 is 0 Å². The normalized spacial score (nSPS) is 11.0. The van der Waals surface area contributed by atoms with Crippen LogP contribution in [-0.4, -0.2) is 16.2 Å². The minimum Gasteiger partial charge on any atom is -0.494 e. The molecule has 0 saturated heterocycles. The van der Waals surface area contributed by atoms with Crippen LogP contribution in [0.2, 0.25) is 0 Å². The van der Waals surface area contributed by atoms with Gasteiger partial charge in [0.2, 0.25) is 0 Å². The van der Waals surface area contributed by atoms with Crippen molar-refractivity contribution in [3.63, 3.8) is 0 Å². The third-order valence-electron chi connectivity index (χ3n) is 4.53. The highest BCUT2D eigenvalue weighted by Crippen LogP contribution is 2.30. The number of hydrogen-bond donors (Lipinski definition) is 0. The summed E-state index contributed by atoms with van der Waals surface area (Å²) in [4.78, 5) is 4.89. The summed E-state index contributed by atoms with van der Waals surface area (Å²) in [6, 6.07) is 23.1. The van der Waals surface area contributed by atoms with Crippen LogP contribution >= 0.6 is 0 Å². The number of aryl methyl sites for hydroxylation is 1. The molecular weight excluding hydrogens is 320 g/mol. The fourth-order valence-corrected chi connectivity index (χ4v) is 3.15. The Morgan fingerprint density at radius 3 is 2.42 bits per heavy atom. The molecule has 2 aliphatic heterocycles. The lowest BCUT2D eigenvalue weighted by molar-refractivity contribution is 0.340. The summed E-state index contributed by atoms with van der Waals surface area (Å²) in [6.07, 6.45) is 2.09. The van der Waals surface area contributed by atoms with Crippen molar-refractivity contribution >= 4 is 0 Å². The Kier molecular flexibility index (Phi) is 4.44. The van der Waals surface area contributed by atoms with E-state index in [-0.39, 0.29) is 0 Å². The predicted octanol–water partition coefficient (Wildman–Crippen LogP) is 5.41. The van der Waals surface area contributed by atoms with Gasteiger partial charge in [-0.1, -0.05) is 29.8 Å². The van der Waals surface area contributed by atoms with Gasteiger partial charge in [0.05, 0.1) is 12.3 Å². The number of hydrogen-bond acceptors (Lipinski definition) is 2. The molecule has 26 heavy (non-hydrogen) atoms. The van der Waals surface area contributed by atoms with Gasteiger partial charge in [0, 0.05) is 23.9 Å². The summed E-state index contributed by atoms with van der Waals surface area (Å²) in [5, 5.41) is 0. The molecule has 0 aliphatic carbocycles. The van der Waals surface area contributed by atoms with E-state index in [4.69, 9.17) is 9.72 Å². The number of ether oxygens (including phenoxy) is 1. The van der Waals surface area contributed by atoms with E-state index < -0.39 is 0 Å².